The number of methoxy groups -OCH3 is 1. The highest BCUT2D eigenvalue weighted by Gasteiger charge is 2.10. The molecule has 0 bridgehead atoms. The fraction of sp³-hybridized carbons (Fsp3) is 0.167. The van der Waals surface area contributed by atoms with Crippen LogP contribution in [0.2, 0.25) is 0 Å². The second kappa shape index (κ2) is 4.29. The first-order valence-electron chi connectivity index (χ1n) is 5.11. The van der Waals surface area contributed by atoms with Crippen LogP contribution in [-0.2, 0) is 4.74 Å². The van der Waals surface area contributed by atoms with Crippen LogP contribution in [0.25, 0.3) is 11.3 Å². The number of ether oxygens (including phenoxy) is 1. The minimum Gasteiger partial charge on any atom is -0.465 e. The number of aromatic nitrogens is 2. The zero-order chi connectivity index (χ0) is 12.4. The predicted molar refractivity (Wildman–Crippen MR) is 64.5 cm³/mol. The van der Waals surface area contributed by atoms with E-state index in [1.54, 1.807) is 12.3 Å². The standard InChI is InChI=1S/C12H13N3O2/c1-7-5-8(10-6-14-12(13)15-10)3-4-9(7)11(16)17-2/h3-6H,1-2H3,(H3,13,14,15). The lowest BCUT2D eigenvalue weighted by Crippen LogP contribution is -2.03. The summed E-state index contributed by atoms with van der Waals surface area (Å²) in [7, 11) is 1.37. The topological polar surface area (TPSA) is 81.0 Å². The molecule has 3 N–H and O–H groups in total. The van der Waals surface area contributed by atoms with Gasteiger partial charge in [0.25, 0.3) is 0 Å². The third-order valence-electron chi connectivity index (χ3n) is 2.54. The van der Waals surface area contributed by atoms with Crippen LogP contribution in [0.5, 0.6) is 0 Å². The molecule has 2 aromatic rings. The summed E-state index contributed by atoms with van der Waals surface area (Å²) in [6.07, 6.45) is 1.65. The van der Waals surface area contributed by atoms with Gasteiger partial charge in [0.2, 0.25) is 0 Å². The van der Waals surface area contributed by atoms with Crippen molar-refractivity contribution in [1.29, 1.82) is 0 Å². The van der Waals surface area contributed by atoms with Gasteiger partial charge in [-0.25, -0.2) is 9.78 Å². The van der Waals surface area contributed by atoms with E-state index < -0.39 is 0 Å². The molecular weight excluding hydrogens is 218 g/mol. The second-order valence-corrected chi connectivity index (χ2v) is 3.70. The molecule has 0 spiro atoms. The van der Waals surface area contributed by atoms with E-state index in [1.807, 2.05) is 19.1 Å². The number of hydrogen-bond acceptors (Lipinski definition) is 4. The average Bonchev–Trinajstić information content (AvgIpc) is 2.75. The third-order valence-corrected chi connectivity index (χ3v) is 2.54. The lowest BCUT2D eigenvalue weighted by Gasteiger charge is -2.05. The van der Waals surface area contributed by atoms with Gasteiger partial charge in [0, 0.05) is 0 Å². The molecule has 0 radical (unpaired) electrons. The van der Waals surface area contributed by atoms with Crippen molar-refractivity contribution >= 4 is 11.9 Å². The maximum Gasteiger partial charge on any atom is 0.338 e. The Morgan fingerprint density at radius 2 is 2.24 bits per heavy atom. The molecule has 0 saturated heterocycles. The number of imidazole rings is 1. The summed E-state index contributed by atoms with van der Waals surface area (Å²) in [5, 5.41) is 0. The first kappa shape index (κ1) is 11.2. The smallest absolute Gasteiger partial charge is 0.338 e. The number of esters is 1. The van der Waals surface area contributed by atoms with Crippen molar-refractivity contribution in [2.24, 2.45) is 0 Å². The number of nitrogens with zero attached hydrogens (tertiary/aromatic N) is 1. The van der Waals surface area contributed by atoms with Gasteiger partial charge in [-0.1, -0.05) is 6.07 Å². The molecule has 0 amide bonds. The Kier molecular flexibility index (Phi) is 2.82. The largest absolute Gasteiger partial charge is 0.465 e. The van der Waals surface area contributed by atoms with Crippen molar-refractivity contribution in [3.05, 3.63) is 35.5 Å². The SMILES string of the molecule is COC(=O)c1ccc(-c2cnc(N)[nH]2)cc1C. The van der Waals surface area contributed by atoms with Gasteiger partial charge in [-0.3, -0.25) is 0 Å². The fourth-order valence-corrected chi connectivity index (χ4v) is 1.65. The van der Waals surface area contributed by atoms with E-state index >= 15 is 0 Å². The molecule has 0 saturated carbocycles. The van der Waals surface area contributed by atoms with Crippen molar-refractivity contribution in [1.82, 2.24) is 9.97 Å². The minimum atomic E-state index is -0.335. The zero-order valence-corrected chi connectivity index (χ0v) is 9.65. The molecule has 0 aliphatic carbocycles. The van der Waals surface area contributed by atoms with Crippen LogP contribution in [0, 0.1) is 6.92 Å². The highest BCUT2D eigenvalue weighted by molar-refractivity contribution is 5.91. The van der Waals surface area contributed by atoms with E-state index in [0.717, 1.165) is 16.8 Å². The molecule has 88 valence electrons. The second-order valence-electron chi connectivity index (χ2n) is 3.70. The summed E-state index contributed by atoms with van der Waals surface area (Å²) >= 11 is 0. The van der Waals surface area contributed by atoms with Gasteiger partial charge in [0.15, 0.2) is 5.95 Å². The van der Waals surface area contributed by atoms with E-state index in [-0.39, 0.29) is 5.97 Å². The summed E-state index contributed by atoms with van der Waals surface area (Å²) in [6, 6.07) is 5.44. The Morgan fingerprint density at radius 3 is 2.76 bits per heavy atom. The lowest BCUT2D eigenvalue weighted by atomic mass is 10.0. The maximum atomic E-state index is 11.4. The molecule has 0 aliphatic rings. The Bertz CT molecular complexity index is 561. The van der Waals surface area contributed by atoms with Crippen LogP contribution in [0.4, 0.5) is 5.95 Å². The molecule has 2 rings (SSSR count). The number of H-pyrrole nitrogens is 1. The van der Waals surface area contributed by atoms with Crippen LogP contribution >= 0.6 is 0 Å². The number of nitrogens with two attached hydrogens (primary N) is 1. The molecule has 1 aromatic carbocycles. The first-order chi connectivity index (χ1) is 8.11. The van der Waals surface area contributed by atoms with Gasteiger partial charge in [-0.2, -0.15) is 0 Å². The Balaban J connectivity index is 2.40. The Hall–Kier alpha value is -2.30. The van der Waals surface area contributed by atoms with E-state index in [4.69, 9.17) is 5.73 Å². The molecule has 17 heavy (non-hydrogen) atoms. The van der Waals surface area contributed by atoms with Crippen molar-refractivity contribution in [2.45, 2.75) is 6.92 Å². The first-order valence-corrected chi connectivity index (χ1v) is 5.11. The number of hydrogen-bond donors (Lipinski definition) is 2. The van der Waals surface area contributed by atoms with Gasteiger partial charge >= 0.3 is 5.97 Å². The number of nitrogen functional groups attached to an aromatic ring is 1. The van der Waals surface area contributed by atoms with Crippen LogP contribution < -0.4 is 5.73 Å². The monoisotopic (exact) mass is 231 g/mol. The molecular formula is C12H13N3O2. The van der Waals surface area contributed by atoms with Crippen molar-refractivity contribution < 1.29 is 9.53 Å². The fourth-order valence-electron chi connectivity index (χ4n) is 1.65. The van der Waals surface area contributed by atoms with Gasteiger partial charge in [0.1, 0.15) is 0 Å². The number of rotatable bonds is 2. The molecule has 0 unspecified atom stereocenters. The number of benzene rings is 1. The van der Waals surface area contributed by atoms with E-state index in [2.05, 4.69) is 14.7 Å². The lowest BCUT2D eigenvalue weighted by molar-refractivity contribution is 0.0600. The Morgan fingerprint density at radius 1 is 1.47 bits per heavy atom. The number of nitrogens with one attached hydrogen (secondary N) is 1. The molecule has 0 aliphatic heterocycles. The number of aromatic amines is 1. The zero-order valence-electron chi connectivity index (χ0n) is 9.65. The van der Waals surface area contributed by atoms with Crippen LogP contribution in [0.15, 0.2) is 24.4 Å². The number of carbonyl (C=O) groups excluding carboxylic acids is 1. The number of anilines is 1. The summed E-state index contributed by atoms with van der Waals surface area (Å²) in [4.78, 5) is 18.3. The molecule has 0 fully saturated rings. The van der Waals surface area contributed by atoms with Crippen molar-refractivity contribution in [2.75, 3.05) is 12.8 Å². The van der Waals surface area contributed by atoms with Crippen LogP contribution in [0.3, 0.4) is 0 Å². The van der Waals surface area contributed by atoms with Crippen LogP contribution in [0.1, 0.15) is 15.9 Å². The minimum absolute atomic E-state index is 0.335. The number of carbonyl (C=O) groups is 1. The number of aryl methyl sites for hydroxylation is 1. The van der Waals surface area contributed by atoms with Crippen molar-refractivity contribution in [3.8, 4) is 11.3 Å². The third kappa shape index (κ3) is 2.13. The van der Waals surface area contributed by atoms with E-state index in [0.29, 0.717) is 11.5 Å². The molecule has 1 aromatic heterocycles. The van der Waals surface area contributed by atoms with Gasteiger partial charge in [-0.15, -0.1) is 0 Å². The highest BCUT2D eigenvalue weighted by atomic mass is 16.5. The molecule has 1 heterocycles. The normalized spacial score (nSPS) is 10.2. The van der Waals surface area contributed by atoms with Gasteiger partial charge in [0.05, 0.1) is 24.6 Å². The molecule has 5 nitrogen and oxygen atoms in total. The summed E-state index contributed by atoms with van der Waals surface area (Å²) in [5.41, 5.74) is 8.67. The quantitative estimate of drug-likeness (QED) is 0.771. The molecule has 0 atom stereocenters. The van der Waals surface area contributed by atoms with Gasteiger partial charge < -0.3 is 15.5 Å². The summed E-state index contributed by atoms with van der Waals surface area (Å²) < 4.78 is 4.69. The summed E-state index contributed by atoms with van der Waals surface area (Å²) in [6.45, 7) is 1.86. The van der Waals surface area contributed by atoms with Crippen LogP contribution in [-0.4, -0.2) is 23.0 Å². The summed E-state index contributed by atoms with van der Waals surface area (Å²) in [5.74, 6) is 0.0351. The Labute approximate surface area is 98.6 Å². The van der Waals surface area contributed by atoms with Crippen molar-refractivity contribution in [3.63, 3.8) is 0 Å². The molecule has 5 heteroatoms. The van der Waals surface area contributed by atoms with E-state index in [1.165, 1.54) is 7.11 Å². The maximum absolute atomic E-state index is 11.4. The average molecular weight is 231 g/mol. The predicted octanol–water partition coefficient (Wildman–Crippen LogP) is 1.75. The van der Waals surface area contributed by atoms with E-state index in [9.17, 15) is 4.79 Å². The van der Waals surface area contributed by atoms with Gasteiger partial charge in [-0.05, 0) is 30.2 Å². The highest BCUT2D eigenvalue weighted by Crippen LogP contribution is 2.21.